The predicted octanol–water partition coefficient (Wildman–Crippen LogP) is 3.60. The van der Waals surface area contributed by atoms with Gasteiger partial charge in [0.2, 0.25) is 0 Å². The maximum atomic E-state index is 5.97. The summed E-state index contributed by atoms with van der Waals surface area (Å²) in [6.07, 6.45) is 6.05. The van der Waals surface area contributed by atoms with Gasteiger partial charge >= 0.3 is 0 Å². The van der Waals surface area contributed by atoms with Gasteiger partial charge in [0.25, 0.3) is 0 Å². The molecule has 0 bridgehead atoms. The SMILES string of the molecule is CCOc1cccc(NC2CCOC3(CCC3)C2)c1. The van der Waals surface area contributed by atoms with Crippen LogP contribution in [-0.4, -0.2) is 24.9 Å². The maximum Gasteiger partial charge on any atom is 0.121 e. The Morgan fingerprint density at radius 2 is 2.32 bits per heavy atom. The molecule has 1 unspecified atom stereocenters. The second-order valence-corrected chi connectivity index (χ2v) is 5.68. The molecule has 1 aromatic carbocycles. The summed E-state index contributed by atoms with van der Waals surface area (Å²) in [5, 5.41) is 3.64. The molecule has 1 heterocycles. The average molecular weight is 261 g/mol. The topological polar surface area (TPSA) is 30.5 Å². The fraction of sp³-hybridized carbons (Fsp3) is 0.625. The van der Waals surface area contributed by atoms with Gasteiger partial charge in [-0.25, -0.2) is 0 Å². The van der Waals surface area contributed by atoms with Crippen molar-refractivity contribution in [3.63, 3.8) is 0 Å². The van der Waals surface area contributed by atoms with E-state index in [1.807, 2.05) is 19.1 Å². The fourth-order valence-corrected chi connectivity index (χ4v) is 3.15. The van der Waals surface area contributed by atoms with Crippen molar-refractivity contribution in [2.45, 2.75) is 50.7 Å². The van der Waals surface area contributed by atoms with Crippen LogP contribution in [-0.2, 0) is 4.74 Å². The third kappa shape index (κ3) is 2.86. The molecular weight excluding hydrogens is 238 g/mol. The fourth-order valence-electron chi connectivity index (χ4n) is 3.15. The number of hydrogen-bond acceptors (Lipinski definition) is 3. The molecule has 1 saturated heterocycles. The third-order valence-corrected chi connectivity index (χ3v) is 4.27. The monoisotopic (exact) mass is 261 g/mol. The molecule has 3 heteroatoms. The van der Waals surface area contributed by atoms with E-state index in [9.17, 15) is 0 Å². The number of ether oxygens (including phenoxy) is 2. The van der Waals surface area contributed by atoms with Crippen molar-refractivity contribution in [2.24, 2.45) is 0 Å². The van der Waals surface area contributed by atoms with Crippen LogP contribution in [0.2, 0.25) is 0 Å². The van der Waals surface area contributed by atoms with E-state index >= 15 is 0 Å². The minimum absolute atomic E-state index is 0.202. The van der Waals surface area contributed by atoms with E-state index < -0.39 is 0 Å². The molecule has 1 aliphatic heterocycles. The molecule has 1 spiro atoms. The zero-order valence-corrected chi connectivity index (χ0v) is 11.7. The molecular formula is C16H23NO2. The van der Waals surface area contributed by atoms with Crippen LogP contribution in [0.3, 0.4) is 0 Å². The summed E-state index contributed by atoms with van der Waals surface area (Å²) in [5.74, 6) is 0.943. The second-order valence-electron chi connectivity index (χ2n) is 5.68. The zero-order valence-electron chi connectivity index (χ0n) is 11.7. The van der Waals surface area contributed by atoms with Crippen molar-refractivity contribution in [2.75, 3.05) is 18.5 Å². The Bertz CT molecular complexity index is 429. The lowest BCUT2D eigenvalue weighted by Crippen LogP contribution is -2.48. The van der Waals surface area contributed by atoms with Gasteiger partial charge in [-0.1, -0.05) is 6.07 Å². The summed E-state index contributed by atoms with van der Waals surface area (Å²) < 4.78 is 11.5. The Morgan fingerprint density at radius 3 is 3.05 bits per heavy atom. The van der Waals surface area contributed by atoms with Gasteiger partial charge in [-0.3, -0.25) is 0 Å². The Labute approximate surface area is 115 Å². The van der Waals surface area contributed by atoms with Gasteiger partial charge in [-0.05, 0) is 51.2 Å². The summed E-state index contributed by atoms with van der Waals surface area (Å²) >= 11 is 0. The summed E-state index contributed by atoms with van der Waals surface area (Å²) in [4.78, 5) is 0. The molecule has 1 aromatic rings. The van der Waals surface area contributed by atoms with Gasteiger partial charge < -0.3 is 14.8 Å². The highest BCUT2D eigenvalue weighted by atomic mass is 16.5. The molecule has 0 aromatic heterocycles. The molecule has 2 aliphatic rings. The predicted molar refractivity (Wildman–Crippen MR) is 76.8 cm³/mol. The van der Waals surface area contributed by atoms with Crippen LogP contribution >= 0.6 is 0 Å². The standard InChI is InChI=1S/C16H23NO2/c1-2-18-15-6-3-5-13(11-15)17-14-7-10-19-16(12-14)8-4-9-16/h3,5-6,11,14,17H,2,4,7-10,12H2,1H3. The summed E-state index contributed by atoms with van der Waals surface area (Å²) in [7, 11) is 0. The summed E-state index contributed by atoms with van der Waals surface area (Å²) in [5.41, 5.74) is 1.36. The van der Waals surface area contributed by atoms with Crippen molar-refractivity contribution in [1.29, 1.82) is 0 Å². The zero-order chi connectivity index (χ0) is 13.1. The highest BCUT2D eigenvalue weighted by Crippen LogP contribution is 2.42. The first-order valence-electron chi connectivity index (χ1n) is 7.43. The van der Waals surface area contributed by atoms with Crippen LogP contribution in [0.15, 0.2) is 24.3 Å². The van der Waals surface area contributed by atoms with Gasteiger partial charge in [-0.15, -0.1) is 0 Å². The van der Waals surface area contributed by atoms with Crippen molar-refractivity contribution in [1.82, 2.24) is 0 Å². The summed E-state index contributed by atoms with van der Waals surface area (Å²) in [6, 6.07) is 8.79. The van der Waals surface area contributed by atoms with Crippen molar-refractivity contribution < 1.29 is 9.47 Å². The van der Waals surface area contributed by atoms with E-state index in [2.05, 4.69) is 17.4 Å². The number of hydrogen-bond donors (Lipinski definition) is 1. The first-order valence-corrected chi connectivity index (χ1v) is 7.43. The Kier molecular flexibility index (Phi) is 3.65. The molecule has 1 saturated carbocycles. The smallest absolute Gasteiger partial charge is 0.121 e. The van der Waals surface area contributed by atoms with Crippen LogP contribution in [0.1, 0.15) is 39.0 Å². The van der Waals surface area contributed by atoms with Crippen LogP contribution in [0.25, 0.3) is 0 Å². The van der Waals surface area contributed by atoms with E-state index in [1.165, 1.54) is 19.3 Å². The van der Waals surface area contributed by atoms with E-state index in [-0.39, 0.29) is 5.60 Å². The van der Waals surface area contributed by atoms with Crippen molar-refractivity contribution in [3.05, 3.63) is 24.3 Å². The molecule has 1 N–H and O–H groups in total. The number of anilines is 1. The van der Waals surface area contributed by atoms with Crippen molar-refractivity contribution >= 4 is 5.69 Å². The molecule has 2 fully saturated rings. The van der Waals surface area contributed by atoms with Crippen LogP contribution in [0.4, 0.5) is 5.69 Å². The van der Waals surface area contributed by atoms with Gasteiger partial charge in [-0.2, -0.15) is 0 Å². The lowest BCUT2D eigenvalue weighted by atomic mass is 9.74. The number of rotatable bonds is 4. The Balaban J connectivity index is 1.62. The molecule has 19 heavy (non-hydrogen) atoms. The molecule has 104 valence electrons. The first-order chi connectivity index (χ1) is 9.30. The molecule has 1 atom stereocenters. The molecule has 0 amide bonds. The minimum Gasteiger partial charge on any atom is -0.494 e. The number of nitrogens with one attached hydrogen (secondary N) is 1. The van der Waals surface area contributed by atoms with E-state index in [4.69, 9.17) is 9.47 Å². The molecule has 0 radical (unpaired) electrons. The van der Waals surface area contributed by atoms with Crippen LogP contribution in [0, 0.1) is 0 Å². The Hall–Kier alpha value is -1.22. The van der Waals surface area contributed by atoms with E-state index in [1.54, 1.807) is 0 Å². The number of benzene rings is 1. The quantitative estimate of drug-likeness (QED) is 0.898. The van der Waals surface area contributed by atoms with Gasteiger partial charge in [0.15, 0.2) is 0 Å². The first kappa shape index (κ1) is 12.8. The normalized spacial score (nSPS) is 24.8. The molecule has 3 nitrogen and oxygen atoms in total. The largest absolute Gasteiger partial charge is 0.494 e. The van der Waals surface area contributed by atoms with Gasteiger partial charge in [0.1, 0.15) is 5.75 Å². The highest BCUT2D eigenvalue weighted by Gasteiger charge is 2.42. The van der Waals surface area contributed by atoms with E-state index in [0.29, 0.717) is 12.6 Å². The van der Waals surface area contributed by atoms with Crippen LogP contribution < -0.4 is 10.1 Å². The van der Waals surface area contributed by atoms with Crippen LogP contribution in [0.5, 0.6) is 5.75 Å². The molecule has 1 aliphatic carbocycles. The van der Waals surface area contributed by atoms with E-state index in [0.717, 1.165) is 30.9 Å². The van der Waals surface area contributed by atoms with Gasteiger partial charge in [0.05, 0.1) is 12.2 Å². The maximum absolute atomic E-state index is 5.97. The lowest BCUT2D eigenvalue weighted by molar-refractivity contribution is -0.130. The second kappa shape index (κ2) is 5.41. The molecule has 3 rings (SSSR count). The highest BCUT2D eigenvalue weighted by molar-refractivity contribution is 5.49. The lowest BCUT2D eigenvalue weighted by Gasteiger charge is -2.47. The van der Waals surface area contributed by atoms with Crippen molar-refractivity contribution in [3.8, 4) is 5.75 Å². The summed E-state index contributed by atoms with van der Waals surface area (Å²) in [6.45, 7) is 3.62. The Morgan fingerprint density at radius 1 is 1.42 bits per heavy atom. The minimum atomic E-state index is 0.202. The van der Waals surface area contributed by atoms with Gasteiger partial charge in [0, 0.05) is 24.4 Å². The third-order valence-electron chi connectivity index (χ3n) is 4.27. The average Bonchev–Trinajstić information content (AvgIpc) is 2.38.